The Morgan fingerprint density at radius 2 is 1.90 bits per heavy atom. The standard InChI is InChI=1S/C14H11N5O/c15-13(16)10-6-8-18-14(19-10)20-11-5-1-3-9-4-2-7-17-12(9)11/h1-8H,(H3,15,16). The molecule has 0 aliphatic carbocycles. The first-order valence-corrected chi connectivity index (χ1v) is 5.93. The molecule has 3 N–H and O–H groups in total. The van der Waals surface area contributed by atoms with E-state index in [9.17, 15) is 0 Å². The van der Waals surface area contributed by atoms with Crippen LogP contribution in [0.15, 0.2) is 48.8 Å². The van der Waals surface area contributed by atoms with Crippen LogP contribution in [-0.4, -0.2) is 20.8 Å². The summed E-state index contributed by atoms with van der Waals surface area (Å²) in [6.45, 7) is 0. The first-order valence-electron chi connectivity index (χ1n) is 5.93. The minimum atomic E-state index is -0.131. The number of para-hydroxylation sites is 1. The molecule has 0 bridgehead atoms. The van der Waals surface area contributed by atoms with Crippen molar-refractivity contribution >= 4 is 16.7 Å². The molecule has 0 unspecified atom stereocenters. The van der Waals surface area contributed by atoms with Crippen LogP contribution in [0.4, 0.5) is 0 Å². The summed E-state index contributed by atoms with van der Waals surface area (Å²) >= 11 is 0. The molecule has 0 spiro atoms. The van der Waals surface area contributed by atoms with Gasteiger partial charge in [0.1, 0.15) is 17.0 Å². The number of pyridine rings is 1. The fourth-order valence-corrected chi connectivity index (χ4v) is 1.80. The zero-order valence-corrected chi connectivity index (χ0v) is 10.4. The second-order valence-corrected chi connectivity index (χ2v) is 4.07. The molecule has 1 aromatic carbocycles. The highest BCUT2D eigenvalue weighted by molar-refractivity contribution is 5.93. The molecule has 6 nitrogen and oxygen atoms in total. The van der Waals surface area contributed by atoms with E-state index in [4.69, 9.17) is 15.9 Å². The molecular formula is C14H11N5O. The topological polar surface area (TPSA) is 97.8 Å². The van der Waals surface area contributed by atoms with E-state index in [0.717, 1.165) is 10.9 Å². The predicted octanol–water partition coefficient (Wildman–Crippen LogP) is 2.10. The molecule has 3 aromatic rings. The van der Waals surface area contributed by atoms with Crippen molar-refractivity contribution in [3.8, 4) is 11.8 Å². The van der Waals surface area contributed by atoms with E-state index in [1.807, 2.05) is 24.3 Å². The summed E-state index contributed by atoms with van der Waals surface area (Å²) in [5.74, 6) is 0.428. The average molecular weight is 265 g/mol. The van der Waals surface area contributed by atoms with Gasteiger partial charge in [0.15, 0.2) is 5.75 Å². The molecule has 0 saturated carbocycles. The molecule has 0 atom stereocenters. The van der Waals surface area contributed by atoms with E-state index >= 15 is 0 Å². The van der Waals surface area contributed by atoms with Gasteiger partial charge in [0, 0.05) is 17.8 Å². The Hall–Kier alpha value is -3.02. The lowest BCUT2D eigenvalue weighted by Gasteiger charge is -2.07. The van der Waals surface area contributed by atoms with Crippen LogP contribution in [0.5, 0.6) is 11.8 Å². The number of nitrogens with zero attached hydrogens (tertiary/aromatic N) is 3. The van der Waals surface area contributed by atoms with E-state index in [0.29, 0.717) is 11.4 Å². The van der Waals surface area contributed by atoms with Gasteiger partial charge < -0.3 is 10.5 Å². The largest absolute Gasteiger partial charge is 0.422 e. The highest BCUT2D eigenvalue weighted by Gasteiger charge is 2.07. The number of benzene rings is 1. The molecule has 0 radical (unpaired) electrons. The zero-order valence-electron chi connectivity index (χ0n) is 10.4. The van der Waals surface area contributed by atoms with Gasteiger partial charge in [-0.3, -0.25) is 10.4 Å². The minimum absolute atomic E-state index is 0.131. The van der Waals surface area contributed by atoms with Crippen LogP contribution in [0.1, 0.15) is 5.69 Å². The maximum Gasteiger partial charge on any atom is 0.322 e. The number of hydrogen-bond acceptors (Lipinski definition) is 5. The second kappa shape index (κ2) is 4.93. The van der Waals surface area contributed by atoms with Crippen LogP contribution in [0, 0.1) is 5.41 Å². The highest BCUT2D eigenvalue weighted by Crippen LogP contribution is 2.26. The van der Waals surface area contributed by atoms with Crippen LogP contribution >= 0.6 is 0 Å². The van der Waals surface area contributed by atoms with E-state index in [1.165, 1.54) is 6.20 Å². The zero-order chi connectivity index (χ0) is 13.9. The molecule has 0 aliphatic rings. The summed E-state index contributed by atoms with van der Waals surface area (Å²) in [5.41, 5.74) is 6.44. The van der Waals surface area contributed by atoms with Crippen molar-refractivity contribution in [1.82, 2.24) is 15.0 Å². The maximum absolute atomic E-state index is 7.36. The molecule has 0 amide bonds. The Morgan fingerprint density at radius 3 is 2.75 bits per heavy atom. The molecule has 98 valence electrons. The number of ether oxygens (including phenoxy) is 1. The van der Waals surface area contributed by atoms with Gasteiger partial charge in [-0.15, -0.1) is 0 Å². The highest BCUT2D eigenvalue weighted by atomic mass is 16.5. The molecule has 0 aliphatic heterocycles. The van der Waals surface area contributed by atoms with Gasteiger partial charge in [-0.2, -0.15) is 4.98 Å². The third kappa shape index (κ3) is 2.26. The number of fused-ring (bicyclic) bond motifs is 1. The van der Waals surface area contributed by atoms with Crippen molar-refractivity contribution in [3.05, 3.63) is 54.5 Å². The Labute approximate surface area is 114 Å². The van der Waals surface area contributed by atoms with Crippen molar-refractivity contribution in [1.29, 1.82) is 5.41 Å². The van der Waals surface area contributed by atoms with Crippen molar-refractivity contribution in [2.24, 2.45) is 5.73 Å². The smallest absolute Gasteiger partial charge is 0.322 e. The summed E-state index contributed by atoms with van der Waals surface area (Å²) < 4.78 is 5.65. The van der Waals surface area contributed by atoms with Crippen LogP contribution in [-0.2, 0) is 0 Å². The van der Waals surface area contributed by atoms with Gasteiger partial charge in [-0.05, 0) is 18.2 Å². The summed E-state index contributed by atoms with van der Waals surface area (Å²) in [6, 6.07) is 11.1. The quantitative estimate of drug-likeness (QED) is 0.558. The molecule has 2 heterocycles. The SMILES string of the molecule is N=C(N)c1ccnc(Oc2cccc3cccnc23)n1. The summed E-state index contributed by atoms with van der Waals surface area (Å²) in [4.78, 5) is 12.4. The van der Waals surface area contributed by atoms with Crippen LogP contribution in [0.3, 0.4) is 0 Å². The average Bonchev–Trinajstić information content (AvgIpc) is 2.48. The van der Waals surface area contributed by atoms with E-state index < -0.39 is 0 Å². The van der Waals surface area contributed by atoms with Crippen molar-refractivity contribution in [2.75, 3.05) is 0 Å². The normalized spacial score (nSPS) is 10.4. The van der Waals surface area contributed by atoms with Gasteiger partial charge in [0.05, 0.1) is 0 Å². The lowest BCUT2D eigenvalue weighted by molar-refractivity contribution is 0.445. The van der Waals surface area contributed by atoms with Crippen LogP contribution < -0.4 is 10.5 Å². The monoisotopic (exact) mass is 265 g/mol. The fraction of sp³-hybridized carbons (Fsp3) is 0. The number of nitrogens with two attached hydrogens (primary N) is 1. The lowest BCUT2D eigenvalue weighted by atomic mass is 10.2. The first-order chi connectivity index (χ1) is 9.74. The molecule has 0 saturated heterocycles. The molecule has 6 heteroatoms. The van der Waals surface area contributed by atoms with Gasteiger partial charge >= 0.3 is 6.01 Å². The Kier molecular flexibility index (Phi) is 2.96. The fourth-order valence-electron chi connectivity index (χ4n) is 1.80. The Bertz CT molecular complexity index is 782. The molecule has 3 rings (SSSR count). The molecule has 0 fully saturated rings. The molecular weight excluding hydrogens is 254 g/mol. The van der Waals surface area contributed by atoms with Gasteiger partial charge in [-0.1, -0.05) is 18.2 Å². The summed E-state index contributed by atoms with van der Waals surface area (Å²) in [5, 5.41) is 8.33. The number of nitrogen functional groups attached to an aromatic ring is 1. The number of hydrogen-bond donors (Lipinski definition) is 2. The third-order valence-corrected chi connectivity index (χ3v) is 2.71. The third-order valence-electron chi connectivity index (χ3n) is 2.71. The van der Waals surface area contributed by atoms with Crippen molar-refractivity contribution in [2.45, 2.75) is 0 Å². The lowest BCUT2D eigenvalue weighted by Crippen LogP contribution is -2.13. The second-order valence-electron chi connectivity index (χ2n) is 4.07. The van der Waals surface area contributed by atoms with E-state index in [-0.39, 0.29) is 11.8 Å². The maximum atomic E-state index is 7.36. The molecule has 2 aromatic heterocycles. The minimum Gasteiger partial charge on any atom is -0.422 e. The Balaban J connectivity index is 2.01. The van der Waals surface area contributed by atoms with Gasteiger partial charge in [-0.25, -0.2) is 4.98 Å². The van der Waals surface area contributed by atoms with Gasteiger partial charge in [0.25, 0.3) is 0 Å². The summed E-state index contributed by atoms with van der Waals surface area (Å²) in [7, 11) is 0. The number of rotatable bonds is 3. The summed E-state index contributed by atoms with van der Waals surface area (Å²) in [6.07, 6.45) is 3.19. The van der Waals surface area contributed by atoms with Crippen LogP contribution in [0.25, 0.3) is 10.9 Å². The van der Waals surface area contributed by atoms with E-state index in [2.05, 4.69) is 15.0 Å². The molecule has 20 heavy (non-hydrogen) atoms. The van der Waals surface area contributed by atoms with Crippen LogP contribution in [0.2, 0.25) is 0 Å². The van der Waals surface area contributed by atoms with Gasteiger partial charge in [0.2, 0.25) is 0 Å². The number of aromatic nitrogens is 3. The Morgan fingerprint density at radius 1 is 1.05 bits per heavy atom. The van der Waals surface area contributed by atoms with E-state index in [1.54, 1.807) is 18.3 Å². The predicted molar refractivity (Wildman–Crippen MR) is 74.9 cm³/mol. The van der Waals surface area contributed by atoms with Crippen molar-refractivity contribution in [3.63, 3.8) is 0 Å². The number of amidine groups is 1. The van der Waals surface area contributed by atoms with Crippen molar-refractivity contribution < 1.29 is 4.74 Å². The first kappa shape index (κ1) is 12.0. The number of nitrogens with one attached hydrogen (secondary N) is 1.